The van der Waals surface area contributed by atoms with Crippen molar-refractivity contribution in [2.45, 2.75) is 71.1 Å². The van der Waals surface area contributed by atoms with Gasteiger partial charge in [0, 0.05) is 25.2 Å². The fraction of sp³-hybridized carbons (Fsp3) is 0.500. The van der Waals surface area contributed by atoms with E-state index < -0.39 is 5.54 Å². The maximum atomic E-state index is 13.9. The first-order valence-corrected chi connectivity index (χ1v) is 12.8. The molecule has 0 aliphatic heterocycles. The van der Waals surface area contributed by atoms with Gasteiger partial charge in [-0.05, 0) is 69.5 Å². The van der Waals surface area contributed by atoms with E-state index in [1.807, 2.05) is 6.08 Å². The van der Waals surface area contributed by atoms with Gasteiger partial charge in [0.15, 0.2) is 0 Å². The molecular weight excluding hydrogens is 418 g/mol. The van der Waals surface area contributed by atoms with Crippen molar-refractivity contribution in [3.05, 3.63) is 84.4 Å². The van der Waals surface area contributed by atoms with E-state index in [2.05, 4.69) is 110 Å². The molecular formula is C30H43N3O. The third kappa shape index (κ3) is 7.04. The van der Waals surface area contributed by atoms with Crippen LogP contribution in [-0.4, -0.2) is 35.0 Å². The monoisotopic (exact) mass is 461 g/mol. The molecule has 1 aliphatic rings. The fourth-order valence-corrected chi connectivity index (χ4v) is 5.31. The van der Waals surface area contributed by atoms with Gasteiger partial charge in [0.1, 0.15) is 5.54 Å². The Morgan fingerprint density at radius 1 is 1.03 bits per heavy atom. The van der Waals surface area contributed by atoms with E-state index >= 15 is 0 Å². The molecule has 4 nitrogen and oxygen atoms in total. The summed E-state index contributed by atoms with van der Waals surface area (Å²) in [5.74, 6) is 0.675. The summed E-state index contributed by atoms with van der Waals surface area (Å²) >= 11 is 0. The van der Waals surface area contributed by atoms with E-state index in [9.17, 15) is 4.79 Å². The quantitative estimate of drug-likeness (QED) is 0.456. The van der Waals surface area contributed by atoms with E-state index in [4.69, 9.17) is 0 Å². The number of hydrogen-bond acceptors (Lipinski definition) is 3. The lowest BCUT2D eigenvalue weighted by atomic mass is 9.67. The van der Waals surface area contributed by atoms with Gasteiger partial charge in [-0.25, -0.2) is 0 Å². The zero-order valence-electron chi connectivity index (χ0n) is 21.5. The van der Waals surface area contributed by atoms with Gasteiger partial charge in [0.2, 0.25) is 5.91 Å². The molecule has 0 aromatic heterocycles. The van der Waals surface area contributed by atoms with E-state index in [1.165, 1.54) is 11.1 Å². The van der Waals surface area contributed by atoms with Crippen molar-refractivity contribution in [1.29, 1.82) is 0 Å². The minimum atomic E-state index is -0.606. The van der Waals surface area contributed by atoms with Crippen LogP contribution in [0.15, 0.2) is 73.3 Å². The Balaban J connectivity index is 1.92. The average Bonchev–Trinajstić information content (AvgIpc) is 2.80. The first-order chi connectivity index (χ1) is 16.3. The summed E-state index contributed by atoms with van der Waals surface area (Å²) in [5.41, 5.74) is 1.71. The molecule has 0 heterocycles. The highest BCUT2D eigenvalue weighted by molar-refractivity contribution is 5.87. The topological polar surface area (TPSA) is 44.4 Å². The SMILES string of the molecule is C=CC1CCC(CN(Cc2ccccc2)Cc2ccccc2)C(NCC)(C(=O)NC(C)(C)C)C1. The predicted molar refractivity (Wildman–Crippen MR) is 142 cm³/mol. The normalized spacial score (nSPS) is 23.0. The summed E-state index contributed by atoms with van der Waals surface area (Å²) in [4.78, 5) is 16.4. The van der Waals surface area contributed by atoms with Gasteiger partial charge in [0.05, 0.1) is 0 Å². The molecule has 0 saturated heterocycles. The molecule has 0 radical (unpaired) electrons. The fourth-order valence-electron chi connectivity index (χ4n) is 5.31. The number of carbonyl (C=O) groups is 1. The number of nitrogens with one attached hydrogen (secondary N) is 2. The van der Waals surface area contributed by atoms with Crippen molar-refractivity contribution in [3.63, 3.8) is 0 Å². The van der Waals surface area contributed by atoms with Crippen molar-refractivity contribution in [2.24, 2.45) is 11.8 Å². The maximum Gasteiger partial charge on any atom is 0.241 e. The van der Waals surface area contributed by atoms with E-state index in [0.717, 1.165) is 45.4 Å². The van der Waals surface area contributed by atoms with Crippen LogP contribution in [0.2, 0.25) is 0 Å². The molecule has 2 aromatic carbocycles. The summed E-state index contributed by atoms with van der Waals surface area (Å²) in [7, 11) is 0. The van der Waals surface area contributed by atoms with Crippen LogP contribution in [0.25, 0.3) is 0 Å². The summed E-state index contributed by atoms with van der Waals surface area (Å²) in [6.45, 7) is 15.7. The molecule has 184 valence electrons. The molecule has 1 amide bonds. The lowest BCUT2D eigenvalue weighted by Crippen LogP contribution is -2.67. The Hall–Kier alpha value is -2.43. The van der Waals surface area contributed by atoms with Crippen LogP contribution >= 0.6 is 0 Å². The second kappa shape index (κ2) is 11.8. The lowest BCUT2D eigenvalue weighted by Gasteiger charge is -2.48. The third-order valence-corrected chi connectivity index (χ3v) is 6.86. The van der Waals surface area contributed by atoms with Gasteiger partial charge in [-0.3, -0.25) is 9.69 Å². The molecule has 0 bridgehead atoms. The van der Waals surface area contributed by atoms with Crippen LogP contribution in [0.3, 0.4) is 0 Å². The number of nitrogens with zero attached hydrogens (tertiary/aromatic N) is 1. The van der Waals surface area contributed by atoms with Crippen LogP contribution < -0.4 is 10.6 Å². The summed E-state index contributed by atoms with van der Waals surface area (Å²) < 4.78 is 0. The number of hydrogen-bond donors (Lipinski definition) is 2. The first kappa shape index (κ1) is 26.2. The van der Waals surface area contributed by atoms with Crippen molar-refractivity contribution >= 4 is 5.91 Å². The van der Waals surface area contributed by atoms with Gasteiger partial charge >= 0.3 is 0 Å². The highest BCUT2D eigenvalue weighted by atomic mass is 16.2. The van der Waals surface area contributed by atoms with Gasteiger partial charge in [-0.1, -0.05) is 73.7 Å². The Morgan fingerprint density at radius 2 is 1.59 bits per heavy atom. The Labute approximate surface area is 206 Å². The standard InChI is InChI=1S/C30H43N3O/c1-6-24-18-19-27(30(20-24,31-7-2)28(34)32-29(3,4)5)23-33(21-25-14-10-8-11-15-25)22-26-16-12-9-13-17-26/h6,8-17,24,27,31H,1,7,18-23H2,2-5H3,(H,32,34). The number of likely N-dealkylation sites (N-methyl/N-ethyl adjacent to an activating group) is 1. The summed E-state index contributed by atoms with van der Waals surface area (Å²) in [5, 5.41) is 6.99. The minimum absolute atomic E-state index is 0.123. The van der Waals surface area contributed by atoms with Crippen LogP contribution in [0.1, 0.15) is 58.1 Å². The van der Waals surface area contributed by atoms with Crippen LogP contribution in [0.4, 0.5) is 0 Å². The molecule has 34 heavy (non-hydrogen) atoms. The first-order valence-electron chi connectivity index (χ1n) is 12.8. The average molecular weight is 462 g/mol. The smallest absolute Gasteiger partial charge is 0.241 e. The van der Waals surface area contributed by atoms with E-state index in [1.54, 1.807) is 0 Å². The summed E-state index contributed by atoms with van der Waals surface area (Å²) in [6, 6.07) is 21.3. The van der Waals surface area contributed by atoms with Gasteiger partial charge in [0.25, 0.3) is 0 Å². The van der Waals surface area contributed by atoms with Gasteiger partial charge < -0.3 is 10.6 Å². The molecule has 3 atom stereocenters. The third-order valence-electron chi connectivity index (χ3n) is 6.86. The van der Waals surface area contributed by atoms with Gasteiger partial charge in [-0.15, -0.1) is 6.58 Å². The number of amides is 1. The number of benzene rings is 2. The molecule has 2 aromatic rings. The Morgan fingerprint density at radius 3 is 2.06 bits per heavy atom. The van der Waals surface area contributed by atoms with Crippen molar-refractivity contribution < 1.29 is 4.79 Å². The van der Waals surface area contributed by atoms with E-state index in [-0.39, 0.29) is 17.4 Å². The molecule has 3 rings (SSSR count). The number of rotatable bonds is 10. The molecule has 4 heteroatoms. The van der Waals surface area contributed by atoms with Crippen LogP contribution in [0, 0.1) is 11.8 Å². The Bertz CT molecular complexity index is 864. The van der Waals surface area contributed by atoms with E-state index in [0.29, 0.717) is 5.92 Å². The second-order valence-electron chi connectivity index (χ2n) is 10.8. The van der Waals surface area contributed by atoms with Crippen molar-refractivity contribution in [3.8, 4) is 0 Å². The molecule has 3 unspecified atom stereocenters. The highest BCUT2D eigenvalue weighted by Crippen LogP contribution is 2.39. The van der Waals surface area contributed by atoms with Crippen molar-refractivity contribution in [1.82, 2.24) is 15.5 Å². The van der Waals surface area contributed by atoms with Gasteiger partial charge in [-0.2, -0.15) is 0 Å². The second-order valence-corrected chi connectivity index (χ2v) is 10.8. The largest absolute Gasteiger partial charge is 0.350 e. The number of allylic oxidation sites excluding steroid dienone is 1. The molecule has 1 saturated carbocycles. The molecule has 2 N–H and O–H groups in total. The lowest BCUT2D eigenvalue weighted by molar-refractivity contribution is -0.134. The minimum Gasteiger partial charge on any atom is -0.350 e. The summed E-state index contributed by atoms with van der Waals surface area (Å²) in [6.07, 6.45) is 4.91. The molecule has 0 spiro atoms. The molecule has 1 fully saturated rings. The van der Waals surface area contributed by atoms with Crippen molar-refractivity contribution in [2.75, 3.05) is 13.1 Å². The zero-order chi connectivity index (χ0) is 24.6. The van der Waals surface area contributed by atoms with Crippen LogP contribution in [-0.2, 0) is 17.9 Å². The zero-order valence-corrected chi connectivity index (χ0v) is 21.5. The highest BCUT2D eigenvalue weighted by Gasteiger charge is 2.49. The molecule has 1 aliphatic carbocycles. The van der Waals surface area contributed by atoms with Crippen LogP contribution in [0.5, 0.6) is 0 Å². The Kier molecular flexibility index (Phi) is 9.10. The predicted octanol–water partition coefficient (Wildman–Crippen LogP) is 5.55. The number of carbonyl (C=O) groups excluding carboxylic acids is 1. The maximum absolute atomic E-state index is 13.9.